The molecular formula is C19H38O2. The number of hydrogen-bond acceptors (Lipinski definition) is 2. The van der Waals surface area contributed by atoms with Crippen molar-refractivity contribution in [3.05, 3.63) is 0 Å². The Morgan fingerprint density at radius 3 is 1.67 bits per heavy atom. The van der Waals surface area contributed by atoms with Crippen LogP contribution < -0.4 is 0 Å². The predicted molar refractivity (Wildman–Crippen MR) is 91.6 cm³/mol. The second-order valence-corrected chi connectivity index (χ2v) is 5.97. The van der Waals surface area contributed by atoms with Crippen molar-refractivity contribution in [2.24, 2.45) is 0 Å². The summed E-state index contributed by atoms with van der Waals surface area (Å²) < 4.78 is 20.6. The van der Waals surface area contributed by atoms with E-state index in [1.54, 1.807) is 0 Å². The molecule has 0 aromatic heterocycles. The van der Waals surface area contributed by atoms with Crippen LogP contribution in [0.2, 0.25) is 0 Å². The monoisotopic (exact) mass is 300 g/mol. The van der Waals surface area contributed by atoms with Gasteiger partial charge in [-0.05, 0) is 6.42 Å². The molecule has 0 unspecified atom stereocenters. The van der Waals surface area contributed by atoms with Gasteiger partial charge < -0.3 is 4.74 Å². The number of unbranched alkanes of at least 4 members (excludes halogenated alkanes) is 10. The number of rotatable bonds is 16. The quantitative estimate of drug-likeness (QED) is 0.243. The summed E-state index contributed by atoms with van der Waals surface area (Å²) in [7, 11) is 1.40. The first-order chi connectivity index (χ1) is 11.0. The van der Waals surface area contributed by atoms with Crippen LogP contribution in [0.4, 0.5) is 0 Å². The van der Waals surface area contributed by atoms with Gasteiger partial charge in [0.1, 0.15) is 0 Å². The molecule has 0 amide bonds. The van der Waals surface area contributed by atoms with Gasteiger partial charge in [0.2, 0.25) is 0 Å². The van der Waals surface area contributed by atoms with Crippen LogP contribution in [0.1, 0.15) is 112 Å². The van der Waals surface area contributed by atoms with Gasteiger partial charge in [-0.15, -0.1) is 0 Å². The minimum absolute atomic E-state index is 0.194. The fraction of sp³-hybridized carbons (Fsp3) is 0.947. The third kappa shape index (κ3) is 17.4. The summed E-state index contributed by atoms with van der Waals surface area (Å²) in [5, 5.41) is 0. The van der Waals surface area contributed by atoms with Crippen molar-refractivity contribution in [3.8, 4) is 0 Å². The van der Waals surface area contributed by atoms with Crippen LogP contribution in [-0.4, -0.2) is 13.1 Å². The van der Waals surface area contributed by atoms with Crippen molar-refractivity contribution in [1.82, 2.24) is 0 Å². The molecule has 0 fully saturated rings. The van der Waals surface area contributed by atoms with E-state index in [1.165, 1.54) is 58.5 Å². The third-order valence-corrected chi connectivity index (χ3v) is 3.92. The SMILES string of the molecule is [2H]C([2H])(CCCCCCCCCCCC)CCCCC(=O)OC. The van der Waals surface area contributed by atoms with Gasteiger partial charge in [-0.25, -0.2) is 0 Å². The Bertz CT molecular complexity index is 281. The first kappa shape index (κ1) is 16.8. The number of carbonyl (C=O) groups is 1. The first-order valence-electron chi connectivity index (χ1n) is 10.1. The maximum Gasteiger partial charge on any atom is 0.305 e. The van der Waals surface area contributed by atoms with E-state index >= 15 is 0 Å². The van der Waals surface area contributed by atoms with E-state index in [-0.39, 0.29) is 5.97 Å². The third-order valence-electron chi connectivity index (χ3n) is 3.92. The van der Waals surface area contributed by atoms with E-state index in [0.717, 1.165) is 25.7 Å². The number of hydrogen-bond donors (Lipinski definition) is 0. The van der Waals surface area contributed by atoms with E-state index < -0.39 is 6.37 Å². The maximum absolute atomic E-state index is 11.0. The van der Waals surface area contributed by atoms with Crippen LogP contribution in [0, 0.1) is 0 Å². The average Bonchev–Trinajstić information content (AvgIpc) is 2.53. The fourth-order valence-corrected chi connectivity index (χ4v) is 2.48. The smallest absolute Gasteiger partial charge is 0.305 e. The lowest BCUT2D eigenvalue weighted by molar-refractivity contribution is -0.140. The zero-order valence-corrected chi connectivity index (χ0v) is 14.4. The Morgan fingerprint density at radius 2 is 1.19 bits per heavy atom. The van der Waals surface area contributed by atoms with Gasteiger partial charge in [0.05, 0.1) is 7.11 Å². The molecule has 2 heteroatoms. The first-order valence-corrected chi connectivity index (χ1v) is 9.08. The molecule has 2 nitrogen and oxygen atoms in total. The highest BCUT2D eigenvalue weighted by Gasteiger charge is 1.99. The summed E-state index contributed by atoms with van der Waals surface area (Å²) in [6.07, 6.45) is 14.9. The van der Waals surface area contributed by atoms with Crippen LogP contribution in [0.15, 0.2) is 0 Å². The Balaban J connectivity index is 3.39. The highest BCUT2D eigenvalue weighted by Crippen LogP contribution is 2.13. The molecule has 0 aliphatic heterocycles. The van der Waals surface area contributed by atoms with E-state index in [2.05, 4.69) is 11.7 Å². The molecule has 21 heavy (non-hydrogen) atoms. The summed E-state index contributed by atoms with van der Waals surface area (Å²) in [6, 6.07) is 0. The van der Waals surface area contributed by atoms with Crippen LogP contribution in [0.25, 0.3) is 0 Å². The van der Waals surface area contributed by atoms with Gasteiger partial charge in [0.15, 0.2) is 0 Å². The topological polar surface area (TPSA) is 26.3 Å². The molecule has 0 N–H and O–H groups in total. The average molecular weight is 301 g/mol. The molecule has 0 saturated carbocycles. The molecule has 0 heterocycles. The van der Waals surface area contributed by atoms with Crippen molar-refractivity contribution in [1.29, 1.82) is 0 Å². The lowest BCUT2D eigenvalue weighted by Crippen LogP contribution is -1.99. The van der Waals surface area contributed by atoms with Gasteiger partial charge in [-0.3, -0.25) is 4.79 Å². The number of carbonyl (C=O) groups excluding carboxylic acids is 1. The molecule has 0 bridgehead atoms. The second-order valence-electron chi connectivity index (χ2n) is 5.97. The Labute approximate surface area is 135 Å². The zero-order valence-electron chi connectivity index (χ0n) is 16.4. The predicted octanol–water partition coefficient (Wildman–Crippen LogP) is 6.42. The Kier molecular flexibility index (Phi) is 14.0. The van der Waals surface area contributed by atoms with E-state index in [0.29, 0.717) is 19.3 Å². The van der Waals surface area contributed by atoms with Gasteiger partial charge in [-0.1, -0.05) is 96.8 Å². The van der Waals surface area contributed by atoms with Crippen LogP contribution in [0.5, 0.6) is 0 Å². The van der Waals surface area contributed by atoms with Crippen LogP contribution in [-0.2, 0) is 9.53 Å². The number of methoxy groups -OCH3 is 1. The van der Waals surface area contributed by atoms with Crippen molar-refractivity contribution < 1.29 is 12.3 Å². The van der Waals surface area contributed by atoms with E-state index in [9.17, 15) is 4.79 Å². The largest absolute Gasteiger partial charge is 0.469 e. The maximum atomic E-state index is 11.0. The molecule has 0 atom stereocenters. The fourth-order valence-electron chi connectivity index (χ4n) is 2.48. The summed E-state index contributed by atoms with van der Waals surface area (Å²) in [5.41, 5.74) is 0. The van der Waals surface area contributed by atoms with Gasteiger partial charge in [0.25, 0.3) is 0 Å². The minimum atomic E-state index is -1.07. The van der Waals surface area contributed by atoms with E-state index in [1.807, 2.05) is 0 Å². The van der Waals surface area contributed by atoms with Crippen molar-refractivity contribution in [3.63, 3.8) is 0 Å². The molecule has 0 aromatic carbocycles. The molecular weight excluding hydrogens is 260 g/mol. The highest BCUT2D eigenvalue weighted by atomic mass is 16.5. The summed E-state index contributed by atoms with van der Waals surface area (Å²) >= 11 is 0. The van der Waals surface area contributed by atoms with Crippen LogP contribution >= 0.6 is 0 Å². The molecule has 126 valence electrons. The lowest BCUT2D eigenvalue weighted by Gasteiger charge is -2.03. The minimum Gasteiger partial charge on any atom is -0.469 e. The molecule has 0 spiro atoms. The Hall–Kier alpha value is -0.530. The second kappa shape index (κ2) is 17.5. The molecule has 0 rings (SSSR count). The number of ether oxygens (including phenoxy) is 1. The standard InChI is InChI=1S/C19H38O2/c1-3-4-5-6-7-8-9-10-11-12-13-14-15-16-17-18-19(20)21-2/h3-18H2,1-2H3/i14D2. The van der Waals surface area contributed by atoms with Crippen molar-refractivity contribution in [2.75, 3.05) is 7.11 Å². The van der Waals surface area contributed by atoms with Gasteiger partial charge in [-0.2, -0.15) is 0 Å². The highest BCUT2D eigenvalue weighted by molar-refractivity contribution is 5.68. The normalized spacial score (nSPS) is 12.9. The van der Waals surface area contributed by atoms with E-state index in [4.69, 9.17) is 2.74 Å². The van der Waals surface area contributed by atoms with Crippen LogP contribution in [0.3, 0.4) is 0 Å². The zero-order chi connectivity index (χ0) is 17.4. The van der Waals surface area contributed by atoms with Gasteiger partial charge in [0, 0.05) is 9.16 Å². The van der Waals surface area contributed by atoms with Gasteiger partial charge >= 0.3 is 5.97 Å². The Morgan fingerprint density at radius 1 is 0.762 bits per heavy atom. The summed E-state index contributed by atoms with van der Waals surface area (Å²) in [6.45, 7) is 2.25. The van der Waals surface area contributed by atoms with Crippen molar-refractivity contribution >= 4 is 5.97 Å². The number of esters is 1. The lowest BCUT2D eigenvalue weighted by atomic mass is 10.0. The van der Waals surface area contributed by atoms with Crippen molar-refractivity contribution in [2.45, 2.75) is 110 Å². The molecule has 0 aromatic rings. The molecule has 0 radical (unpaired) electrons. The summed E-state index contributed by atoms with van der Waals surface area (Å²) in [5.74, 6) is -0.194. The summed E-state index contributed by atoms with van der Waals surface area (Å²) in [4.78, 5) is 11.0. The molecule has 0 aliphatic carbocycles. The molecule has 0 saturated heterocycles. The molecule has 0 aliphatic rings.